The first-order chi connectivity index (χ1) is 11.1. The molecule has 1 atom stereocenters. The van der Waals surface area contributed by atoms with E-state index in [1.807, 2.05) is 38.4 Å². The number of benzene rings is 1. The van der Waals surface area contributed by atoms with Gasteiger partial charge in [-0.05, 0) is 48.9 Å². The lowest BCUT2D eigenvalue weighted by Crippen LogP contribution is -2.40. The smallest absolute Gasteiger partial charge is 0.317 e. The molecule has 2 aromatic rings. The zero-order valence-electron chi connectivity index (χ0n) is 13.7. The summed E-state index contributed by atoms with van der Waals surface area (Å²) in [6, 6.07) is 12.5. The Hall–Kier alpha value is -2.36. The molecule has 0 aliphatic heterocycles. The maximum Gasteiger partial charge on any atom is 0.317 e. The van der Waals surface area contributed by atoms with Gasteiger partial charge < -0.3 is 10.2 Å². The number of pyridine rings is 1. The van der Waals surface area contributed by atoms with Gasteiger partial charge in [0.25, 0.3) is 0 Å². The molecule has 1 aromatic carbocycles. The van der Waals surface area contributed by atoms with Crippen molar-refractivity contribution in [3.05, 3.63) is 65.0 Å². The van der Waals surface area contributed by atoms with Crippen LogP contribution in [0, 0.1) is 6.92 Å². The SMILES string of the molecule is Cc1ccc(CN(C)C(=O)N[C@H]2CCCc3ccccc32)nc1. The largest absolute Gasteiger partial charge is 0.331 e. The minimum absolute atomic E-state index is 0.0471. The van der Waals surface area contributed by atoms with Gasteiger partial charge in [-0.1, -0.05) is 30.3 Å². The quantitative estimate of drug-likeness (QED) is 0.941. The van der Waals surface area contributed by atoms with E-state index in [1.165, 1.54) is 11.1 Å². The highest BCUT2D eigenvalue weighted by Crippen LogP contribution is 2.29. The lowest BCUT2D eigenvalue weighted by Gasteiger charge is -2.28. The third-order valence-corrected chi connectivity index (χ3v) is 4.39. The second-order valence-corrected chi connectivity index (χ2v) is 6.28. The number of nitrogens with one attached hydrogen (secondary N) is 1. The minimum Gasteiger partial charge on any atom is -0.331 e. The molecule has 1 aliphatic carbocycles. The molecule has 0 fully saturated rings. The molecule has 0 saturated heterocycles. The van der Waals surface area contributed by atoms with E-state index in [0.29, 0.717) is 6.54 Å². The van der Waals surface area contributed by atoms with E-state index >= 15 is 0 Å². The Morgan fingerprint density at radius 3 is 2.91 bits per heavy atom. The molecule has 3 rings (SSSR count). The van der Waals surface area contributed by atoms with Gasteiger partial charge in [0.1, 0.15) is 0 Å². The van der Waals surface area contributed by atoms with E-state index in [4.69, 9.17) is 0 Å². The van der Waals surface area contributed by atoms with Crippen LogP contribution >= 0.6 is 0 Å². The van der Waals surface area contributed by atoms with Crippen molar-refractivity contribution in [2.75, 3.05) is 7.05 Å². The van der Waals surface area contributed by atoms with E-state index in [9.17, 15) is 4.79 Å². The third kappa shape index (κ3) is 3.70. The molecule has 1 heterocycles. The zero-order valence-corrected chi connectivity index (χ0v) is 13.7. The second-order valence-electron chi connectivity index (χ2n) is 6.28. The molecule has 0 saturated carbocycles. The number of hydrogen-bond acceptors (Lipinski definition) is 2. The molecule has 1 aliphatic rings. The molecule has 0 spiro atoms. The zero-order chi connectivity index (χ0) is 16.2. The van der Waals surface area contributed by atoms with Gasteiger partial charge in [-0.3, -0.25) is 4.98 Å². The van der Waals surface area contributed by atoms with Crippen molar-refractivity contribution in [1.29, 1.82) is 0 Å². The fourth-order valence-corrected chi connectivity index (χ4v) is 3.07. The first kappa shape index (κ1) is 15.5. The van der Waals surface area contributed by atoms with Crippen LogP contribution in [0.1, 0.15) is 41.3 Å². The van der Waals surface area contributed by atoms with Crippen molar-refractivity contribution < 1.29 is 4.79 Å². The van der Waals surface area contributed by atoms with Crippen LogP contribution in [0.2, 0.25) is 0 Å². The molecule has 4 heteroatoms. The topological polar surface area (TPSA) is 45.2 Å². The third-order valence-electron chi connectivity index (χ3n) is 4.39. The van der Waals surface area contributed by atoms with Crippen molar-refractivity contribution in [3.63, 3.8) is 0 Å². The lowest BCUT2D eigenvalue weighted by molar-refractivity contribution is 0.200. The predicted molar refractivity (Wildman–Crippen MR) is 91.1 cm³/mol. The first-order valence-electron chi connectivity index (χ1n) is 8.14. The number of hydrogen-bond donors (Lipinski definition) is 1. The number of fused-ring (bicyclic) bond motifs is 1. The maximum atomic E-state index is 12.5. The van der Waals surface area contributed by atoms with E-state index in [-0.39, 0.29) is 12.1 Å². The number of amides is 2. The van der Waals surface area contributed by atoms with E-state index < -0.39 is 0 Å². The van der Waals surface area contributed by atoms with Crippen LogP contribution in [0.5, 0.6) is 0 Å². The van der Waals surface area contributed by atoms with Crippen molar-refractivity contribution in [2.24, 2.45) is 0 Å². The Bertz CT molecular complexity index is 681. The van der Waals surface area contributed by atoms with Crippen molar-refractivity contribution >= 4 is 6.03 Å². The van der Waals surface area contributed by atoms with Crippen molar-refractivity contribution in [3.8, 4) is 0 Å². The van der Waals surface area contributed by atoms with Crippen LogP contribution in [-0.4, -0.2) is 23.0 Å². The molecule has 1 aromatic heterocycles. The minimum atomic E-state index is -0.0471. The molecule has 0 unspecified atom stereocenters. The van der Waals surface area contributed by atoms with Crippen molar-refractivity contribution in [1.82, 2.24) is 15.2 Å². The maximum absolute atomic E-state index is 12.5. The number of rotatable bonds is 3. The summed E-state index contributed by atoms with van der Waals surface area (Å²) < 4.78 is 0. The molecule has 0 radical (unpaired) electrons. The van der Waals surface area contributed by atoms with Gasteiger partial charge in [0.05, 0.1) is 18.3 Å². The van der Waals surface area contributed by atoms with Gasteiger partial charge in [0, 0.05) is 13.2 Å². The molecule has 120 valence electrons. The molecule has 4 nitrogen and oxygen atoms in total. The highest BCUT2D eigenvalue weighted by atomic mass is 16.2. The fraction of sp³-hybridized carbons (Fsp3) is 0.368. The average molecular weight is 309 g/mol. The van der Waals surface area contributed by atoms with Gasteiger partial charge in [-0.2, -0.15) is 0 Å². The van der Waals surface area contributed by atoms with Crippen LogP contribution in [0.3, 0.4) is 0 Å². The van der Waals surface area contributed by atoms with Crippen molar-refractivity contribution in [2.45, 2.75) is 38.8 Å². The summed E-state index contributed by atoms with van der Waals surface area (Å²) in [6.07, 6.45) is 5.05. The number of urea groups is 1. The number of carbonyl (C=O) groups excluding carboxylic acids is 1. The molecule has 1 N–H and O–H groups in total. The Labute approximate surface area is 137 Å². The Morgan fingerprint density at radius 1 is 1.30 bits per heavy atom. The number of aryl methyl sites for hydroxylation is 2. The molecular weight excluding hydrogens is 286 g/mol. The Balaban J connectivity index is 1.64. The van der Waals surface area contributed by atoms with Crippen LogP contribution in [0.15, 0.2) is 42.6 Å². The highest BCUT2D eigenvalue weighted by molar-refractivity contribution is 5.74. The summed E-state index contributed by atoms with van der Waals surface area (Å²) in [5, 5.41) is 3.17. The highest BCUT2D eigenvalue weighted by Gasteiger charge is 2.22. The molecule has 23 heavy (non-hydrogen) atoms. The summed E-state index contributed by atoms with van der Waals surface area (Å²) in [6.45, 7) is 2.52. The van der Waals surface area contributed by atoms with Gasteiger partial charge in [-0.25, -0.2) is 4.79 Å². The standard InChI is InChI=1S/C19H23N3O/c1-14-10-11-16(20-12-14)13-22(2)19(23)21-18-9-5-7-15-6-3-4-8-17(15)18/h3-4,6,8,10-12,18H,5,7,9,13H2,1-2H3,(H,21,23)/t18-/m0/s1. The second kappa shape index (κ2) is 6.82. The molecule has 0 bridgehead atoms. The number of nitrogens with zero attached hydrogens (tertiary/aromatic N) is 2. The summed E-state index contributed by atoms with van der Waals surface area (Å²) in [5.41, 5.74) is 4.64. The van der Waals surface area contributed by atoms with E-state index in [1.54, 1.807) is 4.90 Å². The Morgan fingerprint density at radius 2 is 2.13 bits per heavy atom. The van der Waals surface area contributed by atoms with E-state index in [0.717, 1.165) is 30.5 Å². The van der Waals surface area contributed by atoms with Crippen LogP contribution in [0.4, 0.5) is 4.79 Å². The van der Waals surface area contributed by atoms with Crippen LogP contribution in [-0.2, 0) is 13.0 Å². The molecular formula is C19H23N3O. The van der Waals surface area contributed by atoms with Gasteiger partial charge >= 0.3 is 6.03 Å². The summed E-state index contributed by atoms with van der Waals surface area (Å²) in [4.78, 5) is 18.5. The number of carbonyl (C=O) groups is 1. The first-order valence-corrected chi connectivity index (χ1v) is 8.14. The summed E-state index contributed by atoms with van der Waals surface area (Å²) in [7, 11) is 1.81. The van der Waals surface area contributed by atoms with Crippen LogP contribution < -0.4 is 5.32 Å². The van der Waals surface area contributed by atoms with Crippen LogP contribution in [0.25, 0.3) is 0 Å². The Kier molecular flexibility index (Phi) is 4.60. The number of aromatic nitrogens is 1. The summed E-state index contributed by atoms with van der Waals surface area (Å²) in [5.74, 6) is 0. The van der Waals surface area contributed by atoms with E-state index in [2.05, 4.69) is 28.5 Å². The predicted octanol–water partition coefficient (Wildman–Crippen LogP) is 3.61. The normalized spacial score (nSPS) is 16.5. The fourth-order valence-electron chi connectivity index (χ4n) is 3.07. The van der Waals surface area contributed by atoms with Gasteiger partial charge in [-0.15, -0.1) is 0 Å². The van der Waals surface area contributed by atoms with Gasteiger partial charge in [0.2, 0.25) is 0 Å². The van der Waals surface area contributed by atoms with Gasteiger partial charge in [0.15, 0.2) is 0 Å². The average Bonchev–Trinajstić information content (AvgIpc) is 2.57. The summed E-state index contributed by atoms with van der Waals surface area (Å²) >= 11 is 0. The lowest BCUT2D eigenvalue weighted by atomic mass is 9.88. The monoisotopic (exact) mass is 309 g/mol. The molecule has 2 amide bonds.